The maximum Gasteiger partial charge on any atom is 0.262 e. The number of aromatic nitrogens is 2. The number of para-hydroxylation sites is 1. The first-order chi connectivity index (χ1) is 14.4. The molecular formula is C23H34N4O2S. The summed E-state index contributed by atoms with van der Waals surface area (Å²) in [6.07, 6.45) is 5.20. The van der Waals surface area contributed by atoms with Gasteiger partial charge in [-0.1, -0.05) is 30.8 Å². The first kappa shape index (κ1) is 22.8. The third kappa shape index (κ3) is 5.24. The van der Waals surface area contributed by atoms with E-state index in [0.717, 1.165) is 38.8 Å². The van der Waals surface area contributed by atoms with Gasteiger partial charge in [0.1, 0.15) is 0 Å². The fourth-order valence-electron chi connectivity index (χ4n) is 4.14. The van der Waals surface area contributed by atoms with Gasteiger partial charge in [-0.25, -0.2) is 4.98 Å². The molecule has 3 rings (SSSR count). The third-order valence-electron chi connectivity index (χ3n) is 5.83. The van der Waals surface area contributed by atoms with Crippen LogP contribution in [0.25, 0.3) is 10.9 Å². The van der Waals surface area contributed by atoms with Gasteiger partial charge in [-0.05, 0) is 71.8 Å². The minimum Gasteiger partial charge on any atom is -0.339 e. The number of nitrogens with zero attached hydrogens (tertiary/aromatic N) is 4. The second kappa shape index (κ2) is 10.4. The normalized spacial score (nSPS) is 18.2. The molecule has 1 aromatic carbocycles. The summed E-state index contributed by atoms with van der Waals surface area (Å²) in [5.74, 6) is 0.161. The largest absolute Gasteiger partial charge is 0.339 e. The number of amides is 1. The van der Waals surface area contributed by atoms with Gasteiger partial charge in [0.2, 0.25) is 5.91 Å². The number of fused-ring (bicyclic) bond motifs is 1. The quantitative estimate of drug-likeness (QED) is 0.473. The highest BCUT2D eigenvalue weighted by atomic mass is 32.2. The first-order valence-electron chi connectivity index (χ1n) is 11.0. The van der Waals surface area contributed by atoms with Crippen molar-refractivity contribution in [3.63, 3.8) is 0 Å². The van der Waals surface area contributed by atoms with E-state index >= 15 is 0 Å². The molecule has 7 heteroatoms. The molecule has 2 unspecified atom stereocenters. The Balaban J connectivity index is 1.87. The van der Waals surface area contributed by atoms with Crippen LogP contribution in [0.4, 0.5) is 0 Å². The van der Waals surface area contributed by atoms with Crippen molar-refractivity contribution < 1.29 is 4.79 Å². The zero-order valence-corrected chi connectivity index (χ0v) is 19.5. The van der Waals surface area contributed by atoms with E-state index in [1.165, 1.54) is 18.2 Å². The fourth-order valence-corrected chi connectivity index (χ4v) is 5.14. The minimum absolute atomic E-state index is 0.0223. The molecule has 1 aliphatic rings. The summed E-state index contributed by atoms with van der Waals surface area (Å²) in [5, 5.41) is 1.00. The summed E-state index contributed by atoms with van der Waals surface area (Å²) in [5.41, 5.74) is 0.670. The number of piperidine rings is 1. The van der Waals surface area contributed by atoms with Crippen LogP contribution < -0.4 is 5.56 Å². The first-order valence-corrected chi connectivity index (χ1v) is 11.9. The predicted molar refractivity (Wildman–Crippen MR) is 124 cm³/mol. The van der Waals surface area contributed by atoms with Crippen LogP contribution in [0.2, 0.25) is 0 Å². The van der Waals surface area contributed by atoms with E-state index in [-0.39, 0.29) is 16.7 Å². The van der Waals surface area contributed by atoms with E-state index in [1.807, 2.05) is 45.3 Å². The average Bonchev–Trinajstić information content (AvgIpc) is 2.75. The predicted octanol–water partition coefficient (Wildman–Crippen LogP) is 3.62. The van der Waals surface area contributed by atoms with Crippen LogP contribution in [0, 0.1) is 0 Å². The van der Waals surface area contributed by atoms with Crippen molar-refractivity contribution in [3.05, 3.63) is 34.6 Å². The Morgan fingerprint density at radius 2 is 2.07 bits per heavy atom. The molecule has 1 aliphatic heterocycles. The van der Waals surface area contributed by atoms with Crippen LogP contribution in [-0.2, 0) is 11.3 Å². The van der Waals surface area contributed by atoms with Crippen molar-refractivity contribution in [2.24, 2.45) is 0 Å². The Labute approximate surface area is 183 Å². The molecule has 0 N–H and O–H groups in total. The van der Waals surface area contributed by atoms with Crippen molar-refractivity contribution >= 4 is 28.6 Å². The number of thioether (sulfide) groups is 1. The topological polar surface area (TPSA) is 58.4 Å². The lowest BCUT2D eigenvalue weighted by atomic mass is 10.00. The van der Waals surface area contributed by atoms with Gasteiger partial charge in [0.05, 0.1) is 16.2 Å². The van der Waals surface area contributed by atoms with E-state index in [4.69, 9.17) is 4.98 Å². The van der Waals surface area contributed by atoms with Gasteiger partial charge in [-0.2, -0.15) is 0 Å². The summed E-state index contributed by atoms with van der Waals surface area (Å²) in [7, 11) is 4.06. The lowest BCUT2D eigenvalue weighted by Crippen LogP contribution is -2.46. The summed E-state index contributed by atoms with van der Waals surface area (Å²) in [6, 6.07) is 7.80. The molecule has 30 heavy (non-hydrogen) atoms. The van der Waals surface area contributed by atoms with Crippen LogP contribution in [-0.4, -0.2) is 63.7 Å². The molecule has 164 valence electrons. The van der Waals surface area contributed by atoms with E-state index < -0.39 is 0 Å². The third-order valence-corrected chi connectivity index (χ3v) is 6.90. The van der Waals surface area contributed by atoms with Crippen LogP contribution in [0.15, 0.2) is 34.2 Å². The second-order valence-corrected chi connectivity index (χ2v) is 9.68. The number of rotatable bonds is 8. The molecule has 1 amide bonds. The van der Waals surface area contributed by atoms with Gasteiger partial charge < -0.3 is 9.80 Å². The second-order valence-electron chi connectivity index (χ2n) is 8.37. The van der Waals surface area contributed by atoms with Crippen LogP contribution in [0.5, 0.6) is 0 Å². The Bertz CT molecular complexity index is 927. The number of hydrogen-bond donors (Lipinski definition) is 0. The van der Waals surface area contributed by atoms with Gasteiger partial charge in [0, 0.05) is 19.1 Å². The number of hydrogen-bond acceptors (Lipinski definition) is 5. The molecule has 0 bridgehead atoms. The van der Waals surface area contributed by atoms with E-state index in [2.05, 4.69) is 16.7 Å². The van der Waals surface area contributed by atoms with Crippen LogP contribution in [0.1, 0.15) is 46.0 Å². The molecular weight excluding hydrogens is 396 g/mol. The molecule has 1 fully saturated rings. The molecule has 0 radical (unpaired) electrons. The SMILES string of the molecule is CCC1CCCCN1C(=O)C(C)Sc1nc2ccccc2c(=O)n1CCCN(C)C. The van der Waals surface area contributed by atoms with Gasteiger partial charge in [0.15, 0.2) is 5.16 Å². The average molecular weight is 431 g/mol. The highest BCUT2D eigenvalue weighted by Gasteiger charge is 2.30. The molecule has 2 heterocycles. The van der Waals surface area contributed by atoms with E-state index in [9.17, 15) is 9.59 Å². The van der Waals surface area contributed by atoms with Crippen molar-refractivity contribution in [2.75, 3.05) is 27.2 Å². The summed E-state index contributed by atoms with van der Waals surface area (Å²) in [4.78, 5) is 35.3. The standard InChI is InChI=1S/C23H34N4O2S/c1-5-18-11-8-9-15-26(18)21(28)17(2)30-23-24-20-13-7-6-12-19(20)22(29)27(23)16-10-14-25(3)4/h6-7,12-13,17-18H,5,8-11,14-16H2,1-4H3. The van der Waals surface area contributed by atoms with Crippen molar-refractivity contribution in [1.29, 1.82) is 0 Å². The van der Waals surface area contributed by atoms with Crippen molar-refractivity contribution in [2.45, 2.75) is 68.9 Å². The van der Waals surface area contributed by atoms with Gasteiger partial charge in [-0.15, -0.1) is 0 Å². The molecule has 0 aliphatic carbocycles. The number of carbonyl (C=O) groups excluding carboxylic acids is 1. The Kier molecular flexibility index (Phi) is 7.94. The molecule has 1 saturated heterocycles. The molecule has 2 aromatic rings. The fraction of sp³-hybridized carbons (Fsp3) is 0.609. The maximum atomic E-state index is 13.2. The minimum atomic E-state index is -0.273. The zero-order valence-electron chi connectivity index (χ0n) is 18.6. The van der Waals surface area contributed by atoms with Gasteiger partial charge in [-0.3, -0.25) is 14.2 Å². The smallest absolute Gasteiger partial charge is 0.262 e. The maximum absolute atomic E-state index is 13.2. The Morgan fingerprint density at radius 1 is 1.30 bits per heavy atom. The molecule has 2 atom stereocenters. The number of carbonyl (C=O) groups is 1. The monoisotopic (exact) mass is 430 g/mol. The molecule has 0 spiro atoms. The zero-order chi connectivity index (χ0) is 21.7. The highest BCUT2D eigenvalue weighted by Crippen LogP contribution is 2.27. The molecule has 1 aromatic heterocycles. The van der Waals surface area contributed by atoms with E-state index in [1.54, 1.807) is 4.57 Å². The van der Waals surface area contributed by atoms with Crippen molar-refractivity contribution in [1.82, 2.24) is 19.4 Å². The number of benzene rings is 1. The van der Waals surface area contributed by atoms with Gasteiger partial charge >= 0.3 is 0 Å². The summed E-state index contributed by atoms with van der Waals surface area (Å²) in [6.45, 7) is 6.42. The lowest BCUT2D eigenvalue weighted by Gasteiger charge is -2.36. The Morgan fingerprint density at radius 3 is 2.80 bits per heavy atom. The van der Waals surface area contributed by atoms with Crippen LogP contribution in [0.3, 0.4) is 0 Å². The lowest BCUT2D eigenvalue weighted by molar-refractivity contribution is -0.134. The van der Waals surface area contributed by atoms with Crippen molar-refractivity contribution in [3.8, 4) is 0 Å². The summed E-state index contributed by atoms with van der Waals surface area (Å²) < 4.78 is 1.76. The van der Waals surface area contributed by atoms with Gasteiger partial charge in [0.25, 0.3) is 5.56 Å². The molecule has 6 nitrogen and oxygen atoms in total. The van der Waals surface area contributed by atoms with Crippen LogP contribution >= 0.6 is 11.8 Å². The number of likely N-dealkylation sites (tertiary alicyclic amines) is 1. The molecule has 0 saturated carbocycles. The van der Waals surface area contributed by atoms with E-state index in [0.29, 0.717) is 28.6 Å². The highest BCUT2D eigenvalue weighted by molar-refractivity contribution is 8.00. The Hall–Kier alpha value is -1.86. The summed E-state index contributed by atoms with van der Waals surface area (Å²) >= 11 is 1.42.